The van der Waals surface area contributed by atoms with Crippen molar-refractivity contribution in [3.63, 3.8) is 0 Å². The van der Waals surface area contributed by atoms with Gasteiger partial charge in [-0.25, -0.2) is 8.78 Å². The molecule has 0 amide bonds. The van der Waals surface area contributed by atoms with Gasteiger partial charge in [0.1, 0.15) is 0 Å². The first kappa shape index (κ1) is 10.8. The van der Waals surface area contributed by atoms with Crippen molar-refractivity contribution in [1.82, 2.24) is 0 Å². The molecule has 70 valence electrons. The van der Waals surface area contributed by atoms with Crippen LogP contribution in [0.15, 0.2) is 0 Å². The van der Waals surface area contributed by atoms with Crippen molar-refractivity contribution < 1.29 is 28.6 Å². The van der Waals surface area contributed by atoms with Crippen LogP contribution < -0.4 is 0 Å². The van der Waals surface area contributed by atoms with E-state index in [1.54, 1.807) is 0 Å². The van der Waals surface area contributed by atoms with Crippen molar-refractivity contribution in [1.29, 1.82) is 0 Å². The zero-order valence-electron chi connectivity index (χ0n) is 6.04. The molecule has 2 N–H and O–H groups in total. The van der Waals surface area contributed by atoms with Crippen molar-refractivity contribution in [3.05, 3.63) is 0 Å². The number of carbonyl (C=O) groups is 2. The van der Waals surface area contributed by atoms with E-state index in [0.29, 0.717) is 0 Å². The average molecular weight is 182 g/mol. The van der Waals surface area contributed by atoms with Crippen LogP contribution in [-0.4, -0.2) is 28.6 Å². The van der Waals surface area contributed by atoms with Gasteiger partial charge in [0.25, 0.3) is 0 Å². The van der Waals surface area contributed by atoms with E-state index >= 15 is 0 Å². The van der Waals surface area contributed by atoms with Gasteiger partial charge in [-0.3, -0.25) is 9.59 Å². The van der Waals surface area contributed by atoms with Crippen molar-refractivity contribution >= 4 is 11.9 Å². The summed E-state index contributed by atoms with van der Waals surface area (Å²) >= 11 is 0. The van der Waals surface area contributed by atoms with E-state index in [-0.39, 0.29) is 0 Å². The Balaban J connectivity index is 3.97. The maximum Gasteiger partial charge on any atom is 0.317 e. The zero-order chi connectivity index (χ0) is 9.72. The Morgan fingerprint density at radius 2 is 1.50 bits per heavy atom. The second-order valence-corrected chi connectivity index (χ2v) is 2.20. The Kier molecular flexibility index (Phi) is 4.17. The summed E-state index contributed by atoms with van der Waals surface area (Å²) in [6, 6.07) is 0. The highest BCUT2D eigenvalue weighted by atomic mass is 19.3. The smallest absolute Gasteiger partial charge is 0.317 e. The summed E-state index contributed by atoms with van der Waals surface area (Å²) in [5, 5.41) is 16.5. The molecule has 0 saturated heterocycles. The fourth-order valence-corrected chi connectivity index (χ4v) is 0.645. The van der Waals surface area contributed by atoms with Crippen LogP contribution >= 0.6 is 0 Å². The number of hydrogen-bond acceptors (Lipinski definition) is 2. The maximum absolute atomic E-state index is 11.5. The number of hydrogen-bond donors (Lipinski definition) is 2. The predicted molar refractivity (Wildman–Crippen MR) is 34.0 cm³/mol. The third-order valence-electron chi connectivity index (χ3n) is 1.27. The van der Waals surface area contributed by atoms with E-state index in [2.05, 4.69) is 0 Å². The molecule has 0 aliphatic heterocycles. The molecule has 0 rings (SSSR count). The van der Waals surface area contributed by atoms with Crippen molar-refractivity contribution in [3.8, 4) is 0 Å². The number of aliphatic carboxylic acids is 2. The molecule has 0 spiro atoms. The highest BCUT2D eigenvalue weighted by Crippen LogP contribution is 2.11. The molecule has 0 heterocycles. The van der Waals surface area contributed by atoms with Gasteiger partial charge in [0.05, 0.1) is 0 Å². The van der Waals surface area contributed by atoms with Crippen LogP contribution in [0.2, 0.25) is 0 Å². The summed E-state index contributed by atoms with van der Waals surface area (Å²) in [6.07, 6.45) is -3.91. The van der Waals surface area contributed by atoms with E-state index in [1.807, 2.05) is 0 Å². The third-order valence-corrected chi connectivity index (χ3v) is 1.27. The monoisotopic (exact) mass is 182 g/mol. The lowest BCUT2D eigenvalue weighted by Crippen LogP contribution is -2.23. The van der Waals surface area contributed by atoms with Gasteiger partial charge in [0.2, 0.25) is 6.43 Å². The molecule has 0 radical (unpaired) electrons. The highest BCUT2D eigenvalue weighted by molar-refractivity contribution is 5.92. The summed E-state index contributed by atoms with van der Waals surface area (Å²) in [6.45, 7) is 0. The van der Waals surface area contributed by atoms with Crippen LogP contribution in [-0.2, 0) is 9.59 Å². The quantitative estimate of drug-likeness (QED) is 0.617. The first-order valence-corrected chi connectivity index (χ1v) is 3.19. The van der Waals surface area contributed by atoms with Gasteiger partial charge in [-0.15, -0.1) is 0 Å². The molecular weight excluding hydrogens is 174 g/mol. The molecular formula is C6H8F2O4. The number of carboxylic acids is 2. The molecule has 0 atom stereocenters. The van der Waals surface area contributed by atoms with Crippen LogP contribution in [0.25, 0.3) is 0 Å². The predicted octanol–water partition coefficient (Wildman–Crippen LogP) is 0.817. The molecule has 0 fully saturated rings. The Labute approximate surface area is 66.8 Å². The van der Waals surface area contributed by atoms with Crippen molar-refractivity contribution in [2.45, 2.75) is 19.3 Å². The van der Waals surface area contributed by atoms with Crippen molar-refractivity contribution in [2.24, 2.45) is 5.92 Å². The minimum Gasteiger partial charge on any atom is -0.481 e. The van der Waals surface area contributed by atoms with E-state index in [0.717, 1.165) is 0 Å². The average Bonchev–Trinajstić information content (AvgIpc) is 1.84. The van der Waals surface area contributed by atoms with Gasteiger partial charge < -0.3 is 10.2 Å². The van der Waals surface area contributed by atoms with Gasteiger partial charge in [-0.2, -0.15) is 0 Å². The molecule has 0 saturated carbocycles. The number of carboxylic acid groups (broad SMARTS) is 2. The number of rotatable bonds is 5. The molecule has 0 aromatic rings. The Hall–Kier alpha value is -1.20. The molecule has 12 heavy (non-hydrogen) atoms. The highest BCUT2D eigenvalue weighted by Gasteiger charge is 2.26. The van der Waals surface area contributed by atoms with Gasteiger partial charge in [0.15, 0.2) is 5.92 Å². The van der Waals surface area contributed by atoms with Crippen molar-refractivity contribution in [2.75, 3.05) is 0 Å². The van der Waals surface area contributed by atoms with Crippen LogP contribution in [0, 0.1) is 5.92 Å². The third kappa shape index (κ3) is 3.85. The van der Waals surface area contributed by atoms with E-state index in [4.69, 9.17) is 10.2 Å². The van der Waals surface area contributed by atoms with E-state index in [1.165, 1.54) is 0 Å². The molecule has 0 aromatic heterocycles. The largest absolute Gasteiger partial charge is 0.481 e. The Morgan fingerprint density at radius 1 is 1.08 bits per heavy atom. The fraction of sp³-hybridized carbons (Fsp3) is 0.667. The minimum absolute atomic E-state index is 0.539. The maximum atomic E-state index is 11.5. The van der Waals surface area contributed by atoms with Crippen LogP contribution in [0.4, 0.5) is 8.78 Å². The first-order chi connectivity index (χ1) is 5.45. The molecule has 0 aromatic carbocycles. The molecule has 6 heteroatoms. The summed E-state index contributed by atoms with van der Waals surface area (Å²) in [5.74, 6) is -4.88. The standard InChI is InChI=1S/C6H8F2O4/c7-4(8)2-1-3(5(9)10)6(11)12/h3-4H,1-2H2,(H,9,10)(H,11,12). The van der Waals surface area contributed by atoms with Crippen LogP contribution in [0.3, 0.4) is 0 Å². The van der Waals surface area contributed by atoms with E-state index in [9.17, 15) is 18.4 Å². The fourth-order valence-electron chi connectivity index (χ4n) is 0.645. The summed E-state index contributed by atoms with van der Waals surface area (Å²) in [4.78, 5) is 20.3. The lowest BCUT2D eigenvalue weighted by Gasteiger charge is -2.05. The second kappa shape index (κ2) is 4.63. The normalized spacial score (nSPS) is 10.7. The Bertz CT molecular complexity index is 166. The van der Waals surface area contributed by atoms with E-state index < -0.39 is 37.1 Å². The Morgan fingerprint density at radius 3 is 1.75 bits per heavy atom. The number of halogens is 2. The molecule has 0 aliphatic carbocycles. The zero-order valence-corrected chi connectivity index (χ0v) is 6.04. The lowest BCUT2D eigenvalue weighted by molar-refractivity contribution is -0.155. The van der Waals surface area contributed by atoms with Crippen LogP contribution in [0.1, 0.15) is 12.8 Å². The van der Waals surface area contributed by atoms with Gasteiger partial charge in [-0.05, 0) is 6.42 Å². The summed E-state index contributed by atoms with van der Waals surface area (Å²) < 4.78 is 23.1. The minimum atomic E-state index is -2.66. The molecule has 4 nitrogen and oxygen atoms in total. The second-order valence-electron chi connectivity index (χ2n) is 2.20. The SMILES string of the molecule is O=C(O)C(CCC(F)F)C(=O)O. The molecule has 0 unspecified atom stereocenters. The number of alkyl halides is 2. The van der Waals surface area contributed by atoms with Crippen LogP contribution in [0.5, 0.6) is 0 Å². The lowest BCUT2D eigenvalue weighted by atomic mass is 10.0. The first-order valence-electron chi connectivity index (χ1n) is 3.19. The topological polar surface area (TPSA) is 74.6 Å². The molecule has 0 bridgehead atoms. The summed E-state index contributed by atoms with van der Waals surface area (Å²) in [5.41, 5.74) is 0. The van der Waals surface area contributed by atoms with Gasteiger partial charge in [0, 0.05) is 6.42 Å². The van der Waals surface area contributed by atoms with Gasteiger partial charge in [-0.1, -0.05) is 0 Å². The van der Waals surface area contributed by atoms with Gasteiger partial charge >= 0.3 is 11.9 Å². The molecule has 0 aliphatic rings. The summed E-state index contributed by atoms with van der Waals surface area (Å²) in [7, 11) is 0.